The summed E-state index contributed by atoms with van der Waals surface area (Å²) in [5.74, 6) is 0.855. The van der Waals surface area contributed by atoms with E-state index in [4.69, 9.17) is 9.47 Å². The van der Waals surface area contributed by atoms with E-state index in [1.165, 1.54) is 0 Å². The van der Waals surface area contributed by atoms with Crippen molar-refractivity contribution in [3.63, 3.8) is 0 Å². The molecule has 1 aromatic heterocycles. The first-order valence-corrected chi connectivity index (χ1v) is 9.22. The molecule has 3 aromatic rings. The van der Waals surface area contributed by atoms with Gasteiger partial charge in [0.15, 0.2) is 11.5 Å². The molecule has 0 fully saturated rings. The summed E-state index contributed by atoms with van der Waals surface area (Å²) >= 11 is 0. The molecule has 142 valence electrons. The number of esters is 1. The van der Waals surface area contributed by atoms with E-state index in [0.717, 1.165) is 16.9 Å². The summed E-state index contributed by atoms with van der Waals surface area (Å²) in [6.45, 7) is 4.65. The Hall–Kier alpha value is -3.47. The molecule has 0 bridgehead atoms. The summed E-state index contributed by atoms with van der Waals surface area (Å²) in [6.07, 6.45) is 3.79. The molecular formula is C23H22N2O3. The molecule has 0 radical (unpaired) electrons. The average molecular weight is 374 g/mol. The molecular weight excluding hydrogens is 352 g/mol. The summed E-state index contributed by atoms with van der Waals surface area (Å²) < 4.78 is 10.6. The number of nitrogens with zero attached hydrogens (tertiary/aromatic N) is 2. The van der Waals surface area contributed by atoms with Crippen LogP contribution in [0.25, 0.3) is 23.5 Å². The summed E-state index contributed by atoms with van der Waals surface area (Å²) in [5, 5.41) is 0. The van der Waals surface area contributed by atoms with Crippen molar-refractivity contribution in [2.75, 3.05) is 13.2 Å². The van der Waals surface area contributed by atoms with Crippen LogP contribution in [0.4, 0.5) is 0 Å². The Morgan fingerprint density at radius 3 is 2.36 bits per heavy atom. The number of hydrogen-bond donors (Lipinski definition) is 0. The summed E-state index contributed by atoms with van der Waals surface area (Å²) in [7, 11) is 0. The van der Waals surface area contributed by atoms with Gasteiger partial charge >= 0.3 is 5.97 Å². The number of hydrogen-bond acceptors (Lipinski definition) is 5. The van der Waals surface area contributed by atoms with Gasteiger partial charge in [-0.15, -0.1) is 0 Å². The molecule has 0 aliphatic heterocycles. The highest BCUT2D eigenvalue weighted by Gasteiger charge is 2.13. The van der Waals surface area contributed by atoms with E-state index >= 15 is 0 Å². The van der Waals surface area contributed by atoms with Gasteiger partial charge in [-0.05, 0) is 43.7 Å². The molecule has 2 aromatic carbocycles. The lowest BCUT2D eigenvalue weighted by Crippen LogP contribution is -2.09. The van der Waals surface area contributed by atoms with Crippen molar-refractivity contribution in [1.82, 2.24) is 9.97 Å². The van der Waals surface area contributed by atoms with E-state index in [2.05, 4.69) is 9.97 Å². The molecule has 0 aliphatic carbocycles. The summed E-state index contributed by atoms with van der Waals surface area (Å²) in [5.41, 5.74) is 2.71. The van der Waals surface area contributed by atoms with E-state index in [1.54, 1.807) is 13.0 Å². The van der Waals surface area contributed by atoms with Crippen molar-refractivity contribution in [3.8, 4) is 17.1 Å². The quantitative estimate of drug-likeness (QED) is 0.551. The van der Waals surface area contributed by atoms with Gasteiger partial charge in [-0.3, -0.25) is 0 Å². The van der Waals surface area contributed by atoms with Gasteiger partial charge in [-0.25, -0.2) is 14.8 Å². The molecule has 3 rings (SSSR count). The van der Waals surface area contributed by atoms with Crippen LogP contribution in [0, 0.1) is 0 Å². The highest BCUT2D eigenvalue weighted by atomic mass is 16.5. The molecule has 0 saturated carbocycles. The van der Waals surface area contributed by atoms with Crippen molar-refractivity contribution < 1.29 is 14.3 Å². The third-order valence-corrected chi connectivity index (χ3v) is 3.90. The fourth-order valence-corrected chi connectivity index (χ4v) is 2.60. The predicted octanol–water partition coefficient (Wildman–Crippen LogP) is 4.89. The highest BCUT2D eigenvalue weighted by Crippen LogP contribution is 2.18. The van der Waals surface area contributed by atoms with Crippen LogP contribution in [0.15, 0.2) is 60.7 Å². The summed E-state index contributed by atoms with van der Waals surface area (Å²) in [6, 6.07) is 19.0. The maximum absolute atomic E-state index is 12.2. The molecule has 28 heavy (non-hydrogen) atoms. The van der Waals surface area contributed by atoms with Crippen molar-refractivity contribution in [2.45, 2.75) is 13.8 Å². The molecule has 0 N–H and O–H groups in total. The molecule has 5 heteroatoms. The molecule has 1 heterocycles. The predicted molar refractivity (Wildman–Crippen MR) is 110 cm³/mol. The van der Waals surface area contributed by atoms with Crippen molar-refractivity contribution >= 4 is 18.1 Å². The van der Waals surface area contributed by atoms with Crippen molar-refractivity contribution in [3.05, 3.63) is 77.6 Å². The smallest absolute Gasteiger partial charge is 0.357 e. The number of benzene rings is 2. The fraction of sp³-hybridized carbons (Fsp3) is 0.174. The van der Waals surface area contributed by atoms with E-state index in [1.807, 2.05) is 73.7 Å². The van der Waals surface area contributed by atoms with Crippen LogP contribution in [0.1, 0.15) is 35.6 Å². The van der Waals surface area contributed by atoms with Crippen LogP contribution in [0.3, 0.4) is 0 Å². The van der Waals surface area contributed by atoms with Gasteiger partial charge < -0.3 is 9.47 Å². The molecule has 0 unspecified atom stereocenters. The van der Waals surface area contributed by atoms with Gasteiger partial charge in [0.2, 0.25) is 0 Å². The van der Waals surface area contributed by atoms with Gasteiger partial charge in [-0.2, -0.15) is 0 Å². The van der Waals surface area contributed by atoms with Crippen LogP contribution in [-0.4, -0.2) is 29.2 Å². The van der Waals surface area contributed by atoms with Crippen LogP contribution in [-0.2, 0) is 4.74 Å². The fourth-order valence-electron chi connectivity index (χ4n) is 2.60. The zero-order valence-corrected chi connectivity index (χ0v) is 16.0. The lowest BCUT2D eigenvalue weighted by Gasteiger charge is -2.06. The van der Waals surface area contributed by atoms with E-state index in [9.17, 15) is 4.79 Å². The van der Waals surface area contributed by atoms with Crippen LogP contribution in [0.5, 0.6) is 5.75 Å². The Labute approximate surface area is 164 Å². The van der Waals surface area contributed by atoms with Crippen LogP contribution in [0.2, 0.25) is 0 Å². The Balaban J connectivity index is 1.92. The zero-order chi connectivity index (χ0) is 19.8. The normalized spacial score (nSPS) is 10.8. The third kappa shape index (κ3) is 5.04. The topological polar surface area (TPSA) is 61.3 Å². The third-order valence-electron chi connectivity index (χ3n) is 3.90. The Morgan fingerprint density at radius 2 is 1.68 bits per heavy atom. The molecule has 0 amide bonds. The monoisotopic (exact) mass is 374 g/mol. The van der Waals surface area contributed by atoms with Gasteiger partial charge in [-0.1, -0.05) is 48.5 Å². The highest BCUT2D eigenvalue weighted by molar-refractivity contribution is 5.88. The average Bonchev–Trinajstić information content (AvgIpc) is 2.74. The molecule has 0 aliphatic rings. The number of aromatic nitrogens is 2. The number of carbonyl (C=O) groups excluding carboxylic acids is 1. The van der Waals surface area contributed by atoms with Crippen molar-refractivity contribution in [1.29, 1.82) is 0 Å². The molecule has 5 nitrogen and oxygen atoms in total. The standard InChI is InChI=1S/C23H22N2O3/c1-3-27-20-14-11-17(12-15-20)10-13-19-16-21(23(26)28-4-2)25-22(24-19)18-8-6-5-7-9-18/h5-16H,3-4H2,1-2H3. The van der Waals surface area contributed by atoms with Gasteiger partial charge in [0.05, 0.1) is 18.9 Å². The summed E-state index contributed by atoms with van der Waals surface area (Å²) in [4.78, 5) is 21.2. The largest absolute Gasteiger partial charge is 0.494 e. The minimum absolute atomic E-state index is 0.238. The van der Waals surface area contributed by atoms with E-state index in [-0.39, 0.29) is 5.69 Å². The lowest BCUT2D eigenvalue weighted by atomic mass is 10.1. The SMILES string of the molecule is CCOC(=O)c1cc(C=Cc2ccc(OCC)cc2)nc(-c2ccccc2)n1. The minimum Gasteiger partial charge on any atom is -0.494 e. The number of carbonyl (C=O) groups is 1. The molecule has 0 spiro atoms. The maximum atomic E-state index is 12.2. The van der Waals surface area contributed by atoms with Gasteiger partial charge in [0.1, 0.15) is 5.75 Å². The Kier molecular flexibility index (Phi) is 6.52. The second-order valence-corrected chi connectivity index (χ2v) is 5.92. The minimum atomic E-state index is -0.460. The molecule has 0 saturated heterocycles. The van der Waals surface area contributed by atoms with Crippen LogP contribution >= 0.6 is 0 Å². The van der Waals surface area contributed by atoms with E-state index < -0.39 is 5.97 Å². The first-order valence-electron chi connectivity index (χ1n) is 9.22. The maximum Gasteiger partial charge on any atom is 0.357 e. The Morgan fingerprint density at radius 1 is 0.929 bits per heavy atom. The van der Waals surface area contributed by atoms with Crippen molar-refractivity contribution in [2.24, 2.45) is 0 Å². The Bertz CT molecular complexity index is 951. The number of ether oxygens (including phenoxy) is 2. The van der Waals surface area contributed by atoms with Crippen LogP contribution < -0.4 is 4.74 Å². The van der Waals surface area contributed by atoms with Gasteiger partial charge in [0.25, 0.3) is 0 Å². The zero-order valence-electron chi connectivity index (χ0n) is 16.0. The lowest BCUT2D eigenvalue weighted by molar-refractivity contribution is 0.0519. The van der Waals surface area contributed by atoms with Gasteiger partial charge in [0, 0.05) is 5.56 Å². The first-order chi connectivity index (χ1) is 13.7. The number of rotatable bonds is 7. The first kappa shape index (κ1) is 19.3. The second kappa shape index (κ2) is 9.46. The van der Waals surface area contributed by atoms with E-state index in [0.29, 0.717) is 24.7 Å². The second-order valence-electron chi connectivity index (χ2n) is 5.92. The molecule has 0 atom stereocenters.